The van der Waals surface area contributed by atoms with Gasteiger partial charge in [-0.25, -0.2) is 4.79 Å². The van der Waals surface area contributed by atoms with Crippen molar-refractivity contribution in [2.24, 2.45) is 13.0 Å². The fraction of sp³-hybridized carbons (Fsp3) is 0.667. The second-order valence-electron chi connectivity index (χ2n) is 10.7. The first-order chi connectivity index (χ1) is 16.5. The first-order valence-corrected chi connectivity index (χ1v) is 13.1. The first kappa shape index (κ1) is 23.5. The molecule has 2 N–H and O–H groups in total. The number of likely N-dealkylation sites (tertiary alicyclic amines) is 1. The zero-order valence-electron chi connectivity index (χ0n) is 21.0. The summed E-state index contributed by atoms with van der Waals surface area (Å²) in [6.07, 6.45) is 7.70. The van der Waals surface area contributed by atoms with Crippen LogP contribution in [0.4, 0.5) is 4.79 Å². The summed E-state index contributed by atoms with van der Waals surface area (Å²) in [6, 6.07) is 5.85. The van der Waals surface area contributed by atoms with Gasteiger partial charge in [0.25, 0.3) is 0 Å². The van der Waals surface area contributed by atoms with Crippen molar-refractivity contribution in [3.05, 3.63) is 29.5 Å². The quantitative estimate of drug-likeness (QED) is 0.677. The molecule has 0 bridgehead atoms. The van der Waals surface area contributed by atoms with Crippen molar-refractivity contribution in [1.29, 1.82) is 0 Å². The summed E-state index contributed by atoms with van der Waals surface area (Å²) in [7, 11) is 3.75. The fourth-order valence-electron chi connectivity index (χ4n) is 6.84. The van der Waals surface area contributed by atoms with Gasteiger partial charge in [-0.2, -0.15) is 0 Å². The standard InChI is InChI=1S/C27H40N4O3/c1-4-12-28-26(33)31-18-27(16-30(17-27)14-19-8-6-5-7-9-19)24-21-11-10-20(34-3)13-22(21)29(2)25(24)23(31)15-32/h10-11,13,19,23,32H,4-9,12,14-18H2,1-3H3,(H,28,33)/t23-/m1/s1. The number of methoxy groups -OCH3 is 1. The number of hydrogen-bond donors (Lipinski definition) is 2. The van der Waals surface area contributed by atoms with Gasteiger partial charge >= 0.3 is 6.03 Å². The maximum absolute atomic E-state index is 13.3. The van der Waals surface area contributed by atoms with E-state index >= 15 is 0 Å². The van der Waals surface area contributed by atoms with Crippen molar-refractivity contribution in [2.75, 3.05) is 46.4 Å². The van der Waals surface area contributed by atoms with Crippen LogP contribution in [0.25, 0.3) is 10.9 Å². The Hall–Kier alpha value is -2.25. The van der Waals surface area contributed by atoms with Gasteiger partial charge in [-0.05, 0) is 42.9 Å². The number of aromatic nitrogens is 1. The van der Waals surface area contributed by atoms with E-state index in [1.165, 1.54) is 49.6 Å². The van der Waals surface area contributed by atoms with E-state index in [-0.39, 0.29) is 24.1 Å². The number of rotatable bonds is 6. The highest BCUT2D eigenvalue weighted by atomic mass is 16.5. The van der Waals surface area contributed by atoms with Gasteiger partial charge in [0, 0.05) is 62.3 Å². The third kappa shape index (κ3) is 3.87. The normalized spacial score (nSPS) is 22.6. The summed E-state index contributed by atoms with van der Waals surface area (Å²) in [4.78, 5) is 17.7. The third-order valence-corrected chi connectivity index (χ3v) is 8.40. The summed E-state index contributed by atoms with van der Waals surface area (Å²) in [5, 5.41) is 14.8. The number of aliphatic hydroxyl groups excluding tert-OH is 1. The molecule has 1 aromatic carbocycles. The molecule has 186 valence electrons. The molecule has 1 spiro atoms. The number of aliphatic hydroxyl groups is 1. The van der Waals surface area contributed by atoms with Crippen molar-refractivity contribution in [1.82, 2.24) is 19.7 Å². The topological polar surface area (TPSA) is 70.0 Å². The SMILES string of the molecule is CCCNC(=O)N1CC2(CN(CC3CCCCC3)C2)c2c(n(C)c3cc(OC)ccc23)[C@H]1CO. The molecule has 7 heteroatoms. The van der Waals surface area contributed by atoms with Gasteiger partial charge in [-0.1, -0.05) is 26.2 Å². The minimum atomic E-state index is -0.353. The molecule has 1 saturated carbocycles. The number of aryl methyl sites for hydroxylation is 1. The van der Waals surface area contributed by atoms with Gasteiger partial charge in [0.2, 0.25) is 0 Å². The molecular formula is C27H40N4O3. The average molecular weight is 469 g/mol. The Bertz CT molecular complexity index is 1040. The Morgan fingerprint density at radius 1 is 1.21 bits per heavy atom. The van der Waals surface area contributed by atoms with Crippen molar-refractivity contribution in [3.8, 4) is 5.75 Å². The van der Waals surface area contributed by atoms with Crippen molar-refractivity contribution < 1.29 is 14.6 Å². The molecule has 0 radical (unpaired) electrons. The smallest absolute Gasteiger partial charge is 0.318 e. The molecule has 1 saturated heterocycles. The Balaban J connectivity index is 1.53. The van der Waals surface area contributed by atoms with E-state index < -0.39 is 0 Å². The summed E-state index contributed by atoms with van der Waals surface area (Å²) >= 11 is 0. The van der Waals surface area contributed by atoms with Crippen LogP contribution in [0.15, 0.2) is 18.2 Å². The molecule has 2 aromatic rings. The number of ether oxygens (including phenoxy) is 1. The molecule has 1 atom stereocenters. The number of urea groups is 1. The maximum atomic E-state index is 13.3. The average Bonchev–Trinajstić information content (AvgIpc) is 3.14. The highest BCUT2D eigenvalue weighted by Crippen LogP contribution is 2.50. The van der Waals surface area contributed by atoms with Crippen molar-refractivity contribution in [3.63, 3.8) is 0 Å². The third-order valence-electron chi connectivity index (χ3n) is 8.40. The number of fused-ring (bicyclic) bond motifs is 4. The molecule has 3 heterocycles. The Morgan fingerprint density at radius 3 is 2.65 bits per heavy atom. The van der Waals surface area contributed by atoms with E-state index in [0.29, 0.717) is 13.1 Å². The van der Waals surface area contributed by atoms with Gasteiger partial charge in [-0.3, -0.25) is 0 Å². The molecule has 3 aliphatic rings. The van der Waals surface area contributed by atoms with Crippen molar-refractivity contribution >= 4 is 16.9 Å². The number of carbonyl (C=O) groups excluding carboxylic acids is 1. The zero-order valence-corrected chi connectivity index (χ0v) is 21.0. The summed E-state index contributed by atoms with van der Waals surface area (Å²) in [5.74, 6) is 1.63. The minimum absolute atomic E-state index is 0.0699. The number of hydrogen-bond acceptors (Lipinski definition) is 4. The second kappa shape index (κ2) is 9.42. The molecule has 2 fully saturated rings. The molecule has 7 nitrogen and oxygen atoms in total. The molecule has 0 unspecified atom stereocenters. The summed E-state index contributed by atoms with van der Waals surface area (Å²) < 4.78 is 7.69. The summed E-state index contributed by atoms with van der Waals surface area (Å²) in [5.41, 5.74) is 3.39. The van der Waals surface area contributed by atoms with Crippen molar-refractivity contribution in [2.45, 2.75) is 56.9 Å². The molecule has 1 aromatic heterocycles. The van der Waals surface area contributed by atoms with Gasteiger partial charge in [-0.15, -0.1) is 0 Å². The lowest BCUT2D eigenvalue weighted by molar-refractivity contribution is -0.000785. The lowest BCUT2D eigenvalue weighted by Gasteiger charge is -2.57. The fourth-order valence-corrected chi connectivity index (χ4v) is 6.84. The van der Waals surface area contributed by atoms with E-state index in [0.717, 1.165) is 42.4 Å². The maximum Gasteiger partial charge on any atom is 0.318 e. The van der Waals surface area contributed by atoms with E-state index in [2.05, 4.69) is 40.9 Å². The van der Waals surface area contributed by atoms with Crippen LogP contribution < -0.4 is 10.1 Å². The predicted molar refractivity (Wildman–Crippen MR) is 134 cm³/mol. The zero-order chi connectivity index (χ0) is 23.9. The van der Waals surface area contributed by atoms with Crippen LogP contribution in [0, 0.1) is 5.92 Å². The lowest BCUT2D eigenvalue weighted by atomic mass is 9.68. The van der Waals surface area contributed by atoms with Gasteiger partial charge in [0.1, 0.15) is 5.75 Å². The minimum Gasteiger partial charge on any atom is -0.497 e. The first-order valence-electron chi connectivity index (χ1n) is 13.1. The lowest BCUT2D eigenvalue weighted by Crippen LogP contribution is -2.68. The van der Waals surface area contributed by atoms with Crippen LogP contribution in [0.2, 0.25) is 0 Å². The van der Waals surface area contributed by atoms with E-state index in [1.54, 1.807) is 7.11 Å². The number of nitrogens with zero attached hydrogens (tertiary/aromatic N) is 3. The molecular weight excluding hydrogens is 428 g/mol. The van der Waals surface area contributed by atoms with Crippen LogP contribution in [0.1, 0.15) is 62.7 Å². The monoisotopic (exact) mass is 468 g/mol. The van der Waals surface area contributed by atoms with Crippen LogP contribution in [-0.4, -0.2) is 71.9 Å². The predicted octanol–water partition coefficient (Wildman–Crippen LogP) is 3.79. The van der Waals surface area contributed by atoms with E-state index in [9.17, 15) is 9.90 Å². The summed E-state index contributed by atoms with van der Waals surface area (Å²) in [6.45, 7) is 6.37. The van der Waals surface area contributed by atoms with Gasteiger partial charge < -0.3 is 29.5 Å². The molecule has 5 rings (SSSR count). The number of benzene rings is 1. The van der Waals surface area contributed by atoms with Crippen LogP contribution in [0.5, 0.6) is 5.75 Å². The van der Waals surface area contributed by atoms with E-state index in [1.807, 2.05) is 11.0 Å². The van der Waals surface area contributed by atoms with E-state index in [4.69, 9.17) is 4.74 Å². The molecule has 34 heavy (non-hydrogen) atoms. The Kier molecular flexibility index (Phi) is 6.51. The molecule has 2 aliphatic heterocycles. The largest absolute Gasteiger partial charge is 0.497 e. The number of amides is 2. The number of carbonyl (C=O) groups is 1. The van der Waals surface area contributed by atoms with Crippen LogP contribution >= 0.6 is 0 Å². The highest BCUT2D eigenvalue weighted by molar-refractivity contribution is 5.89. The second-order valence-corrected chi connectivity index (χ2v) is 10.7. The highest BCUT2D eigenvalue weighted by Gasteiger charge is 2.54. The Morgan fingerprint density at radius 2 is 1.97 bits per heavy atom. The van der Waals surface area contributed by atoms with Gasteiger partial charge in [0.05, 0.1) is 25.3 Å². The van der Waals surface area contributed by atoms with Crippen LogP contribution in [0.3, 0.4) is 0 Å². The molecule has 1 aliphatic carbocycles. The van der Waals surface area contributed by atoms with Gasteiger partial charge in [0.15, 0.2) is 0 Å². The number of nitrogens with one attached hydrogen (secondary N) is 1. The van der Waals surface area contributed by atoms with Crippen LogP contribution in [-0.2, 0) is 12.5 Å². The Labute approximate surface area is 203 Å². The molecule has 2 amide bonds.